The predicted octanol–water partition coefficient (Wildman–Crippen LogP) is 8.85. The Morgan fingerprint density at radius 3 is 1.58 bits per heavy atom. The fourth-order valence-electron chi connectivity index (χ4n) is 5.76. The molecule has 3 aromatic carbocycles. The molecule has 0 radical (unpaired) electrons. The first-order valence-electron chi connectivity index (χ1n) is 13.6. The summed E-state index contributed by atoms with van der Waals surface area (Å²) in [5, 5.41) is 2.61. The van der Waals surface area contributed by atoms with E-state index in [4.69, 9.17) is 0 Å². The van der Waals surface area contributed by atoms with E-state index >= 15 is 0 Å². The summed E-state index contributed by atoms with van der Waals surface area (Å²) in [4.78, 5) is 9.90. The van der Waals surface area contributed by atoms with Crippen molar-refractivity contribution in [3.8, 4) is 0 Å². The largest absolute Gasteiger partial charge is 0.372 e. The van der Waals surface area contributed by atoms with Gasteiger partial charge in [0.2, 0.25) is 0 Å². The second kappa shape index (κ2) is 10.7. The molecule has 5 aromatic rings. The zero-order chi connectivity index (χ0) is 25.1. The highest BCUT2D eigenvalue weighted by atomic mass is 15.1. The van der Waals surface area contributed by atoms with E-state index in [1.165, 1.54) is 81.3 Å². The van der Waals surface area contributed by atoms with Crippen LogP contribution in [0.2, 0.25) is 0 Å². The van der Waals surface area contributed by atoms with Gasteiger partial charge in [0.1, 0.15) is 0 Å². The molecule has 0 atom stereocenters. The van der Waals surface area contributed by atoms with Crippen LogP contribution in [0, 0.1) is 13.8 Å². The Balaban J connectivity index is 1.65. The lowest BCUT2D eigenvalue weighted by Gasteiger charge is -2.26. The van der Waals surface area contributed by atoms with Gasteiger partial charge in [-0.1, -0.05) is 75.2 Å². The molecule has 0 amide bonds. The molecule has 0 aliphatic heterocycles. The summed E-state index contributed by atoms with van der Waals surface area (Å²) in [7, 11) is 0. The maximum Gasteiger partial charge on any atom is 0.0459 e. The summed E-state index contributed by atoms with van der Waals surface area (Å²) in [6.45, 7) is 11.2. The highest BCUT2D eigenvalue weighted by Gasteiger charge is 2.27. The molecule has 0 unspecified atom stereocenters. The SMILES string of the molecule is CCCCN(CCCC)c1ccc(C(c2c(C)[nH]c3ccccc23)c2c(C)[nH]c3ccccc23)cc1. The molecule has 36 heavy (non-hydrogen) atoms. The van der Waals surface area contributed by atoms with Gasteiger partial charge in [-0.2, -0.15) is 0 Å². The second-order valence-electron chi connectivity index (χ2n) is 10.1. The standard InChI is InChI=1S/C33H39N3/c1-5-7-21-36(22-8-6-2)26-19-17-25(18-20-26)33(31-23(3)34-29-15-11-9-13-27(29)31)32-24(4)35-30-16-12-10-14-28(30)32/h9-20,33-35H,5-8,21-22H2,1-4H3. The van der Waals surface area contributed by atoms with Crippen LogP contribution in [0.1, 0.15) is 73.5 Å². The molecule has 0 spiro atoms. The fraction of sp³-hybridized carbons (Fsp3) is 0.333. The number of aromatic amines is 2. The quantitative estimate of drug-likeness (QED) is 0.207. The van der Waals surface area contributed by atoms with Crippen molar-refractivity contribution in [3.63, 3.8) is 0 Å². The highest BCUT2D eigenvalue weighted by molar-refractivity contribution is 5.90. The van der Waals surface area contributed by atoms with E-state index in [-0.39, 0.29) is 5.92 Å². The maximum atomic E-state index is 3.66. The van der Waals surface area contributed by atoms with Crippen molar-refractivity contribution in [2.24, 2.45) is 0 Å². The summed E-state index contributed by atoms with van der Waals surface area (Å²) in [5.74, 6) is 0.145. The van der Waals surface area contributed by atoms with Crippen molar-refractivity contribution < 1.29 is 0 Å². The maximum absolute atomic E-state index is 3.66. The van der Waals surface area contributed by atoms with Gasteiger partial charge >= 0.3 is 0 Å². The predicted molar refractivity (Wildman–Crippen MR) is 155 cm³/mol. The van der Waals surface area contributed by atoms with Gasteiger partial charge in [-0.15, -0.1) is 0 Å². The topological polar surface area (TPSA) is 34.8 Å². The zero-order valence-electron chi connectivity index (χ0n) is 22.2. The van der Waals surface area contributed by atoms with E-state index in [0.29, 0.717) is 0 Å². The van der Waals surface area contributed by atoms with E-state index in [1.54, 1.807) is 0 Å². The van der Waals surface area contributed by atoms with Crippen LogP contribution >= 0.6 is 0 Å². The number of unbranched alkanes of at least 4 members (excludes halogenated alkanes) is 2. The molecule has 0 saturated heterocycles. The van der Waals surface area contributed by atoms with Crippen molar-refractivity contribution in [1.82, 2.24) is 9.97 Å². The van der Waals surface area contributed by atoms with Crippen LogP contribution in [0.15, 0.2) is 72.8 Å². The number of nitrogens with zero attached hydrogens (tertiary/aromatic N) is 1. The monoisotopic (exact) mass is 477 g/mol. The number of H-pyrrole nitrogens is 2. The smallest absolute Gasteiger partial charge is 0.0459 e. The first-order chi connectivity index (χ1) is 17.6. The van der Waals surface area contributed by atoms with Crippen molar-refractivity contribution in [2.45, 2.75) is 59.3 Å². The molecule has 0 fully saturated rings. The Kier molecular flexibility index (Phi) is 7.18. The van der Waals surface area contributed by atoms with E-state index in [9.17, 15) is 0 Å². The van der Waals surface area contributed by atoms with Crippen LogP contribution in [0.3, 0.4) is 0 Å². The molecule has 186 valence electrons. The van der Waals surface area contributed by atoms with Gasteiger partial charge in [-0.3, -0.25) is 0 Å². The van der Waals surface area contributed by atoms with Gasteiger partial charge in [0, 0.05) is 57.9 Å². The number of nitrogens with one attached hydrogen (secondary N) is 2. The number of benzene rings is 3. The summed E-state index contributed by atoms with van der Waals surface area (Å²) in [5.41, 5.74) is 10.3. The van der Waals surface area contributed by atoms with Crippen molar-refractivity contribution in [3.05, 3.63) is 101 Å². The van der Waals surface area contributed by atoms with Crippen LogP contribution < -0.4 is 4.90 Å². The first kappa shape index (κ1) is 24.2. The van der Waals surface area contributed by atoms with E-state index < -0.39 is 0 Å². The molecule has 2 heterocycles. The Labute approximate surface area is 215 Å². The van der Waals surface area contributed by atoms with E-state index in [1.807, 2.05) is 0 Å². The van der Waals surface area contributed by atoms with Gasteiger partial charge < -0.3 is 14.9 Å². The number of aryl methyl sites for hydroxylation is 2. The molecule has 0 saturated carbocycles. The van der Waals surface area contributed by atoms with Gasteiger partial charge in [-0.05, 0) is 67.6 Å². The Morgan fingerprint density at radius 2 is 1.11 bits per heavy atom. The van der Waals surface area contributed by atoms with Crippen LogP contribution in [0.4, 0.5) is 5.69 Å². The molecule has 3 nitrogen and oxygen atoms in total. The normalized spacial score (nSPS) is 11.7. The van der Waals surface area contributed by atoms with Crippen molar-refractivity contribution in [2.75, 3.05) is 18.0 Å². The lowest BCUT2D eigenvalue weighted by molar-refractivity contribution is 0.678. The van der Waals surface area contributed by atoms with E-state index in [0.717, 1.165) is 13.1 Å². The molecule has 0 aliphatic rings. The summed E-state index contributed by atoms with van der Waals surface area (Å²) >= 11 is 0. The molecule has 0 aliphatic carbocycles. The van der Waals surface area contributed by atoms with Crippen LogP contribution in [-0.4, -0.2) is 23.1 Å². The molecular weight excluding hydrogens is 438 g/mol. The molecular formula is C33H39N3. The Bertz CT molecular complexity index is 1350. The number of hydrogen-bond acceptors (Lipinski definition) is 1. The summed E-state index contributed by atoms with van der Waals surface area (Å²) < 4.78 is 0. The second-order valence-corrected chi connectivity index (χ2v) is 10.1. The highest BCUT2D eigenvalue weighted by Crippen LogP contribution is 2.43. The summed E-state index contributed by atoms with van der Waals surface area (Å²) in [6, 6.07) is 26.9. The van der Waals surface area contributed by atoms with E-state index in [2.05, 4.69) is 115 Å². The number of aromatic nitrogens is 2. The van der Waals surface area contributed by atoms with Gasteiger partial charge in [0.15, 0.2) is 0 Å². The summed E-state index contributed by atoms with van der Waals surface area (Å²) in [6.07, 6.45) is 4.92. The zero-order valence-corrected chi connectivity index (χ0v) is 22.2. The van der Waals surface area contributed by atoms with Crippen LogP contribution in [-0.2, 0) is 0 Å². The third kappa shape index (κ3) is 4.55. The van der Waals surface area contributed by atoms with Crippen molar-refractivity contribution in [1.29, 1.82) is 0 Å². The third-order valence-corrected chi connectivity index (χ3v) is 7.62. The Hall–Kier alpha value is -3.46. The average Bonchev–Trinajstić information content (AvgIpc) is 3.41. The molecule has 5 rings (SSSR count). The number of para-hydroxylation sites is 2. The number of fused-ring (bicyclic) bond motifs is 2. The number of rotatable bonds is 10. The Morgan fingerprint density at radius 1 is 0.639 bits per heavy atom. The minimum Gasteiger partial charge on any atom is -0.372 e. The van der Waals surface area contributed by atoms with Gasteiger partial charge in [0.25, 0.3) is 0 Å². The number of anilines is 1. The minimum absolute atomic E-state index is 0.145. The lowest BCUT2D eigenvalue weighted by Crippen LogP contribution is -2.25. The molecule has 2 N–H and O–H groups in total. The molecule has 0 bridgehead atoms. The van der Waals surface area contributed by atoms with Gasteiger partial charge in [0.05, 0.1) is 0 Å². The lowest BCUT2D eigenvalue weighted by atomic mass is 9.82. The van der Waals surface area contributed by atoms with Gasteiger partial charge in [-0.25, -0.2) is 0 Å². The average molecular weight is 478 g/mol. The van der Waals surface area contributed by atoms with Crippen LogP contribution in [0.25, 0.3) is 21.8 Å². The minimum atomic E-state index is 0.145. The van der Waals surface area contributed by atoms with Crippen molar-refractivity contribution >= 4 is 27.5 Å². The van der Waals surface area contributed by atoms with Crippen LogP contribution in [0.5, 0.6) is 0 Å². The first-order valence-corrected chi connectivity index (χ1v) is 13.6. The molecule has 3 heteroatoms. The fourth-order valence-corrected chi connectivity index (χ4v) is 5.76. The molecule has 2 aromatic heterocycles. The number of hydrogen-bond donors (Lipinski definition) is 2. The third-order valence-electron chi connectivity index (χ3n) is 7.62.